The monoisotopic (exact) mass is 770 g/mol. The van der Waals surface area contributed by atoms with Crippen molar-refractivity contribution in [1.29, 1.82) is 1.34 Å². The smallest absolute Gasteiger partial charge is 0.373 e. The van der Waals surface area contributed by atoms with E-state index in [4.69, 9.17) is 12.2 Å². The minimum absolute atomic E-state index is 0. The van der Waals surface area contributed by atoms with E-state index < -0.39 is 5.97 Å². The number of amides is 1. The Kier molecular flexibility index (Phi) is 12.3. The molecule has 0 aliphatic heterocycles. The van der Waals surface area contributed by atoms with Crippen LogP contribution in [0.3, 0.4) is 0 Å². The Morgan fingerprint density at radius 1 is 0.659 bits per heavy atom. The zero-order chi connectivity index (χ0) is 29.5. The van der Waals surface area contributed by atoms with Crippen LogP contribution >= 0.6 is 0 Å². The molecule has 0 bridgehead atoms. The van der Waals surface area contributed by atoms with E-state index in [1.54, 1.807) is 30.6 Å². The minimum Gasteiger partial charge on any atom is -0.475 e. The molecule has 6 aromatic rings. The Morgan fingerprint density at radius 3 is 1.66 bits per heavy atom. The predicted molar refractivity (Wildman–Crippen MR) is 154 cm³/mol. The van der Waals surface area contributed by atoms with Crippen molar-refractivity contribution in [2.24, 2.45) is 0 Å². The first kappa shape index (κ1) is 30.8. The van der Waals surface area contributed by atoms with E-state index in [-0.39, 0.29) is 48.7 Å². The predicted octanol–water partition coefficient (Wildman–Crippen LogP) is 3.62. The van der Waals surface area contributed by atoms with Crippen molar-refractivity contribution in [3.05, 3.63) is 122 Å². The Bertz CT molecular complexity index is 1710. The molecular formula is C28H23BN8O3U. The van der Waals surface area contributed by atoms with Crippen molar-refractivity contribution in [3.8, 4) is 0 Å². The number of nitrogen functional groups attached to an aromatic ring is 1. The molecule has 41 heavy (non-hydrogen) atoms. The Morgan fingerprint density at radius 2 is 1.12 bits per heavy atom. The number of carboxylic acid groups (broad SMARTS) is 1. The van der Waals surface area contributed by atoms with Gasteiger partial charge in [0.2, 0.25) is 11.6 Å². The summed E-state index contributed by atoms with van der Waals surface area (Å²) in [6.07, 6.45) is 9.27. The van der Waals surface area contributed by atoms with Gasteiger partial charge >= 0.3 is 5.97 Å². The van der Waals surface area contributed by atoms with Crippen molar-refractivity contribution in [1.82, 2.24) is 29.9 Å². The molecule has 4 aromatic heterocycles. The number of carboxylic acids is 1. The van der Waals surface area contributed by atoms with Crippen molar-refractivity contribution in [2.75, 3.05) is 11.1 Å². The summed E-state index contributed by atoms with van der Waals surface area (Å²) in [6.45, 7) is 0. The summed E-state index contributed by atoms with van der Waals surface area (Å²) >= 11 is 0. The molecule has 200 valence electrons. The molecule has 0 unspecified atom stereocenters. The van der Waals surface area contributed by atoms with E-state index in [1.165, 1.54) is 24.8 Å². The van der Waals surface area contributed by atoms with E-state index in [1.807, 2.05) is 54.6 Å². The number of nitrogens with two attached hydrogens (primary N) is 1. The van der Waals surface area contributed by atoms with Crippen molar-refractivity contribution in [2.45, 2.75) is 0 Å². The molecule has 1 amide bonds. The number of hydrogen-bond donors (Lipinski definition) is 3. The quantitative estimate of drug-likeness (QED) is 0.179. The average molecular weight is 770 g/mol. The summed E-state index contributed by atoms with van der Waals surface area (Å²) in [5, 5.41) is 13.1. The number of hydrogen-bond acceptors (Lipinski definition) is 9. The zero-order valence-electron chi connectivity index (χ0n) is 22.5. The summed E-state index contributed by atoms with van der Waals surface area (Å²) in [5.41, 5.74) is 8.71. The summed E-state index contributed by atoms with van der Waals surface area (Å²) in [5.74, 6) is -1.48. The van der Waals surface area contributed by atoms with E-state index in [9.17, 15) is 9.59 Å². The van der Waals surface area contributed by atoms with Gasteiger partial charge in [0.05, 0.1) is 22.4 Å². The second-order valence-corrected chi connectivity index (χ2v) is 7.71. The fourth-order valence-corrected chi connectivity index (χ4v) is 3.34. The van der Waals surface area contributed by atoms with Gasteiger partial charge in [0.15, 0.2) is 0 Å². The van der Waals surface area contributed by atoms with Crippen LogP contribution < -0.4 is 11.1 Å². The SMILES string of the molecule is Nc1cccc2cccnc12.O=C(Nc1cccc2cccnc12)c1ncccn1.O=C(O)c1ncccn1.[3H][B].[U]. The normalized spacial score (nSPS) is 9.61. The van der Waals surface area contributed by atoms with Gasteiger partial charge in [-0.15, -0.1) is 0 Å². The first-order chi connectivity index (χ1) is 20.0. The number of pyridine rings is 2. The third-order valence-corrected chi connectivity index (χ3v) is 5.07. The molecule has 0 aliphatic carbocycles. The molecule has 13 heteroatoms. The number of nitrogens with one attached hydrogen (secondary N) is 1. The van der Waals surface area contributed by atoms with Crippen LogP contribution in [0.1, 0.15) is 21.2 Å². The largest absolute Gasteiger partial charge is 0.475 e. The fraction of sp³-hybridized carbons (Fsp3) is 0. The third kappa shape index (κ3) is 9.17. The van der Waals surface area contributed by atoms with Gasteiger partial charge < -0.3 is 16.2 Å². The minimum atomic E-state index is -1.10. The number of aromatic nitrogens is 6. The number of anilines is 2. The topological polar surface area (TPSA) is 170 Å². The molecule has 0 spiro atoms. The molecule has 6 rings (SSSR count). The van der Waals surface area contributed by atoms with E-state index in [0.717, 1.165) is 27.5 Å². The number of nitrogens with zero attached hydrogens (tertiary/aromatic N) is 6. The van der Waals surface area contributed by atoms with Gasteiger partial charge in [-0.25, -0.2) is 24.7 Å². The van der Waals surface area contributed by atoms with Gasteiger partial charge in [-0.1, -0.05) is 36.4 Å². The van der Waals surface area contributed by atoms with Gasteiger partial charge in [0, 0.05) is 87.4 Å². The van der Waals surface area contributed by atoms with Crippen LogP contribution in [-0.4, -0.2) is 56.6 Å². The molecule has 4 heterocycles. The maximum Gasteiger partial charge on any atom is 0.373 e. The van der Waals surface area contributed by atoms with E-state index >= 15 is 0 Å². The van der Waals surface area contributed by atoms with Gasteiger partial charge in [0.1, 0.15) is 0 Å². The van der Waals surface area contributed by atoms with E-state index in [2.05, 4.69) is 43.6 Å². The number of rotatable bonds is 3. The molecular weight excluding hydrogens is 745 g/mol. The van der Waals surface area contributed by atoms with Crippen LogP contribution in [0.5, 0.6) is 0 Å². The summed E-state index contributed by atoms with van der Waals surface area (Å²) in [4.78, 5) is 45.3. The fourth-order valence-electron chi connectivity index (χ4n) is 3.34. The first-order valence-corrected chi connectivity index (χ1v) is 11.5. The second kappa shape index (κ2) is 16.4. The molecule has 4 N–H and O–H groups in total. The Labute approximate surface area is 262 Å². The maximum atomic E-state index is 12.0. The molecule has 0 saturated heterocycles. The number of carbonyl (C=O) groups excluding carboxylic acids is 1. The molecule has 11 nitrogen and oxygen atoms in total. The first-order valence-electron chi connectivity index (χ1n) is 12.1. The summed E-state index contributed by atoms with van der Waals surface area (Å²) < 4.78 is 5.25. The van der Waals surface area contributed by atoms with Crippen LogP contribution in [-0.2, 0) is 0 Å². The zero-order valence-corrected chi connectivity index (χ0v) is 25.7. The summed E-state index contributed by atoms with van der Waals surface area (Å²) in [6, 6.07) is 22.3. The maximum absolute atomic E-state index is 12.0. The van der Waals surface area contributed by atoms with Crippen molar-refractivity contribution in [3.63, 3.8) is 0 Å². The number of benzene rings is 2. The average Bonchev–Trinajstić information content (AvgIpc) is 3.04. The van der Waals surface area contributed by atoms with Crippen LogP contribution in [0.2, 0.25) is 0 Å². The van der Waals surface area contributed by atoms with Crippen molar-refractivity contribution < 1.29 is 45.8 Å². The van der Waals surface area contributed by atoms with E-state index in [0.29, 0.717) is 5.69 Å². The molecule has 0 saturated carbocycles. The Balaban J connectivity index is 0.000000229. The van der Waals surface area contributed by atoms with Crippen LogP contribution in [0.15, 0.2) is 110 Å². The van der Waals surface area contributed by atoms with Crippen LogP contribution in [0, 0.1) is 31.1 Å². The number of para-hydroxylation sites is 2. The third-order valence-electron chi connectivity index (χ3n) is 5.07. The van der Waals surface area contributed by atoms with Gasteiger partial charge in [-0.3, -0.25) is 14.8 Å². The Hall–Kier alpha value is -4.72. The molecule has 2 radical (unpaired) electrons. The summed E-state index contributed by atoms with van der Waals surface area (Å²) in [7, 11) is 3.75. The molecule has 0 aliphatic rings. The van der Waals surface area contributed by atoms with Gasteiger partial charge in [0.25, 0.3) is 5.91 Å². The standard InChI is InChI=1S/C14H10N4O.C9H8N2.C5H4N2O2.BH.U/c19-14(13-16-8-3-9-17-13)18-11-6-1-4-10-5-2-7-15-12(10)11;10-8-5-1-3-7-4-2-6-11-9(7)8;8-5(9)4-6-2-1-3-7-4;;/h1-9H,(H,18,19);1-6H,10H2;1-3H,(H,8,9);1H;/i;;;1T;. The second-order valence-electron chi connectivity index (χ2n) is 7.71. The molecule has 2 aromatic carbocycles. The number of carbonyl (C=O) groups is 2. The van der Waals surface area contributed by atoms with Gasteiger partial charge in [-0.2, -0.15) is 0 Å². The van der Waals surface area contributed by atoms with Gasteiger partial charge in [-0.05, 0) is 37.7 Å². The molecule has 0 atom stereocenters. The van der Waals surface area contributed by atoms with Crippen LogP contribution in [0.25, 0.3) is 21.8 Å². The van der Waals surface area contributed by atoms with Crippen molar-refractivity contribution >= 4 is 53.4 Å². The number of fused-ring (bicyclic) bond motifs is 2. The number of aromatic carboxylic acids is 1. The molecule has 0 fully saturated rings. The van der Waals surface area contributed by atoms with Crippen LogP contribution in [0.4, 0.5) is 11.4 Å².